The predicted molar refractivity (Wildman–Crippen MR) is 128 cm³/mol. The molecule has 2 heterocycles. The Hall–Kier alpha value is -3.54. The first-order chi connectivity index (χ1) is 16.3. The van der Waals surface area contributed by atoms with E-state index in [0.717, 1.165) is 19.0 Å². The molecule has 0 saturated carbocycles. The van der Waals surface area contributed by atoms with Gasteiger partial charge in [0.1, 0.15) is 11.2 Å². The van der Waals surface area contributed by atoms with Crippen molar-refractivity contribution in [2.45, 2.75) is 78.6 Å². The molecule has 2 aromatic rings. The maximum Gasteiger partial charge on any atom is 0.427 e. The Kier molecular flexibility index (Phi) is 9.29. The van der Waals surface area contributed by atoms with Crippen LogP contribution in [0.3, 0.4) is 0 Å². The summed E-state index contributed by atoms with van der Waals surface area (Å²) in [7, 11) is 0. The third-order valence-electron chi connectivity index (χ3n) is 4.45. The highest BCUT2D eigenvalue weighted by atomic mass is 16.6. The summed E-state index contributed by atoms with van der Waals surface area (Å²) in [5.74, 6) is -0.472. The quantitative estimate of drug-likeness (QED) is 0.441. The molecule has 0 saturated heterocycles. The van der Waals surface area contributed by atoms with Crippen LogP contribution in [0.15, 0.2) is 18.3 Å². The van der Waals surface area contributed by atoms with Crippen LogP contribution in [0.1, 0.15) is 65.8 Å². The maximum atomic E-state index is 13.2. The van der Waals surface area contributed by atoms with Crippen molar-refractivity contribution < 1.29 is 29.3 Å². The molecule has 2 aromatic heterocycles. The number of aliphatic hydroxyl groups is 1. The fourth-order valence-electron chi connectivity index (χ4n) is 2.85. The number of rotatable bonds is 9. The number of imide groups is 1. The highest BCUT2D eigenvalue weighted by Gasteiger charge is 2.36. The maximum absolute atomic E-state index is 13.2. The molecule has 0 bridgehead atoms. The zero-order valence-corrected chi connectivity index (χ0v) is 21.0. The molecule has 3 N–H and O–H groups in total. The average molecular weight is 491 g/mol. The van der Waals surface area contributed by atoms with Crippen LogP contribution in [0.2, 0.25) is 0 Å². The van der Waals surface area contributed by atoms with E-state index in [9.17, 15) is 14.7 Å². The normalized spacial score (nSPS) is 11.6. The minimum absolute atomic E-state index is 0.0725. The number of carbonyl (C=O) groups is 2. The van der Waals surface area contributed by atoms with Crippen LogP contribution in [-0.4, -0.2) is 60.3 Å². The number of aromatic nitrogens is 4. The molecule has 12 heteroatoms. The van der Waals surface area contributed by atoms with Crippen molar-refractivity contribution >= 4 is 24.0 Å². The van der Waals surface area contributed by atoms with E-state index in [0.29, 0.717) is 22.8 Å². The van der Waals surface area contributed by atoms with Crippen molar-refractivity contribution in [3.05, 3.63) is 29.7 Å². The molecule has 0 aliphatic carbocycles. The topological polar surface area (TPSA) is 160 Å². The van der Waals surface area contributed by atoms with Gasteiger partial charge in [0.05, 0.1) is 24.2 Å². The second kappa shape index (κ2) is 11.7. The summed E-state index contributed by atoms with van der Waals surface area (Å²) in [4.78, 5) is 34.9. The van der Waals surface area contributed by atoms with Gasteiger partial charge >= 0.3 is 12.2 Å². The van der Waals surface area contributed by atoms with Gasteiger partial charge in [0, 0.05) is 13.0 Å². The number of amides is 2. The molecule has 12 nitrogen and oxygen atoms in total. The van der Waals surface area contributed by atoms with Gasteiger partial charge in [0.15, 0.2) is 11.6 Å². The van der Waals surface area contributed by atoms with Crippen molar-refractivity contribution in [1.82, 2.24) is 20.2 Å². The molecule has 2 rings (SSSR count). The van der Waals surface area contributed by atoms with Crippen molar-refractivity contribution in [1.29, 1.82) is 0 Å². The number of carbonyl (C=O) groups excluding carboxylic acids is 2. The summed E-state index contributed by atoms with van der Waals surface area (Å²) in [6.07, 6.45) is 0.923. The Morgan fingerprint density at radius 3 is 2.26 bits per heavy atom. The Labute approximate surface area is 204 Å². The lowest BCUT2D eigenvalue weighted by Crippen LogP contribution is -2.45. The van der Waals surface area contributed by atoms with Gasteiger partial charge in [0.2, 0.25) is 5.95 Å². The lowest BCUT2D eigenvalue weighted by molar-refractivity contribution is 0.0343. The van der Waals surface area contributed by atoms with Crippen LogP contribution in [-0.2, 0) is 22.5 Å². The molecule has 0 unspecified atom stereocenters. The number of hydrogen-bond donors (Lipinski definition) is 3. The van der Waals surface area contributed by atoms with Crippen molar-refractivity contribution in [2.75, 3.05) is 16.8 Å². The Balaban J connectivity index is 2.31. The first-order valence-corrected chi connectivity index (χ1v) is 11.3. The van der Waals surface area contributed by atoms with Gasteiger partial charge in [-0.25, -0.2) is 14.6 Å². The summed E-state index contributed by atoms with van der Waals surface area (Å²) in [6, 6.07) is 3.28. The number of anilines is 2. The molecular weight excluding hydrogens is 456 g/mol. The summed E-state index contributed by atoms with van der Waals surface area (Å²) < 4.78 is 11.0. The van der Waals surface area contributed by atoms with Gasteiger partial charge < -0.3 is 25.0 Å². The molecule has 0 aliphatic rings. The lowest BCUT2D eigenvalue weighted by atomic mass is 10.0. The minimum Gasteiger partial charge on any atom is -0.503 e. The monoisotopic (exact) mass is 490 g/mol. The zero-order valence-electron chi connectivity index (χ0n) is 21.0. The fourth-order valence-corrected chi connectivity index (χ4v) is 2.85. The molecule has 0 spiro atoms. The first kappa shape index (κ1) is 27.7. The molecule has 0 atom stereocenters. The molecular formula is C23H34N6O6. The van der Waals surface area contributed by atoms with Crippen LogP contribution < -0.4 is 10.2 Å². The smallest absolute Gasteiger partial charge is 0.427 e. The Morgan fingerprint density at radius 1 is 1.06 bits per heavy atom. The number of ether oxygens (including phenoxy) is 2. The molecule has 2 amide bonds. The van der Waals surface area contributed by atoms with E-state index in [4.69, 9.17) is 14.6 Å². The van der Waals surface area contributed by atoms with E-state index in [1.165, 1.54) is 0 Å². The van der Waals surface area contributed by atoms with Gasteiger partial charge in [-0.05, 0) is 53.2 Å². The largest absolute Gasteiger partial charge is 0.503 e. The molecule has 0 aliphatic heterocycles. The third kappa shape index (κ3) is 8.63. The fraction of sp³-hybridized carbons (Fsp3) is 0.565. The van der Waals surface area contributed by atoms with Crippen molar-refractivity contribution in [3.63, 3.8) is 0 Å². The van der Waals surface area contributed by atoms with Gasteiger partial charge in [-0.15, -0.1) is 4.90 Å². The Morgan fingerprint density at radius 2 is 1.69 bits per heavy atom. The van der Waals surface area contributed by atoms with Crippen molar-refractivity contribution in [2.24, 2.45) is 0 Å². The van der Waals surface area contributed by atoms with Crippen LogP contribution in [0, 0.1) is 0 Å². The predicted octanol–water partition coefficient (Wildman–Crippen LogP) is 3.58. The summed E-state index contributed by atoms with van der Waals surface area (Å²) >= 11 is 0. The second-order valence-electron chi connectivity index (χ2n) is 9.48. The van der Waals surface area contributed by atoms with Gasteiger partial charge in [0.25, 0.3) is 0 Å². The number of aliphatic hydroxyl groups excluding tert-OH is 1. The number of nitrogens with one attached hydrogen (secondary N) is 1. The van der Waals surface area contributed by atoms with Gasteiger partial charge in [-0.2, -0.15) is 15.2 Å². The van der Waals surface area contributed by atoms with Crippen LogP contribution in [0.25, 0.3) is 0 Å². The highest BCUT2D eigenvalue weighted by molar-refractivity contribution is 6.08. The lowest BCUT2D eigenvalue weighted by Gasteiger charge is -2.29. The van der Waals surface area contributed by atoms with Gasteiger partial charge in [-0.3, -0.25) is 0 Å². The molecule has 0 fully saturated rings. The second-order valence-corrected chi connectivity index (χ2v) is 9.48. The van der Waals surface area contributed by atoms with E-state index in [2.05, 4.69) is 25.5 Å². The van der Waals surface area contributed by atoms with Crippen LogP contribution >= 0.6 is 0 Å². The zero-order chi connectivity index (χ0) is 26.2. The highest BCUT2D eigenvalue weighted by Crippen LogP contribution is 2.25. The Bertz CT molecular complexity index is 1010. The average Bonchev–Trinajstić information content (AvgIpc) is 2.74. The van der Waals surface area contributed by atoms with Crippen molar-refractivity contribution in [3.8, 4) is 5.75 Å². The molecule has 35 heavy (non-hydrogen) atoms. The van der Waals surface area contributed by atoms with E-state index in [-0.39, 0.29) is 30.5 Å². The van der Waals surface area contributed by atoms with Crippen LogP contribution in [0.5, 0.6) is 5.75 Å². The molecule has 192 valence electrons. The minimum atomic E-state index is -1.11. The molecule has 0 radical (unpaired) electrons. The number of hydrogen-bond acceptors (Lipinski definition) is 11. The summed E-state index contributed by atoms with van der Waals surface area (Å²) in [6.45, 7) is 10.6. The van der Waals surface area contributed by atoms with E-state index in [1.807, 2.05) is 6.92 Å². The number of unbranched alkanes of at least 4 members (excludes halogenated alkanes) is 1. The van der Waals surface area contributed by atoms with E-state index >= 15 is 0 Å². The molecule has 0 aromatic carbocycles. The number of aromatic hydroxyl groups is 1. The standard InChI is InChI=1S/C23H34N6O6/c1-7-8-11-24-18-17(31)13-25-19(26-18)29(20(32)34-22(2,3)4)21(33)35-23(5,6)12-15-9-10-16(14-30)28-27-15/h9-10,13,30-31H,7-8,11-12,14H2,1-6H3,(H,24,25,26). The van der Waals surface area contributed by atoms with E-state index < -0.39 is 23.4 Å². The summed E-state index contributed by atoms with van der Waals surface area (Å²) in [5, 5.41) is 30.1. The third-order valence-corrected chi connectivity index (χ3v) is 4.45. The SMILES string of the molecule is CCCCNc1nc(N(C(=O)OC(C)(C)C)C(=O)OC(C)(C)Cc2ccc(CO)nn2)ncc1O. The first-order valence-electron chi connectivity index (χ1n) is 11.3. The van der Waals surface area contributed by atoms with Gasteiger partial charge in [-0.1, -0.05) is 13.3 Å². The summed E-state index contributed by atoms with van der Waals surface area (Å²) in [5.41, 5.74) is -1.08. The number of nitrogens with zero attached hydrogens (tertiary/aromatic N) is 5. The van der Waals surface area contributed by atoms with Crippen LogP contribution in [0.4, 0.5) is 21.4 Å². The van der Waals surface area contributed by atoms with E-state index in [1.54, 1.807) is 46.8 Å².